The van der Waals surface area contributed by atoms with Gasteiger partial charge in [0.15, 0.2) is 0 Å². The van der Waals surface area contributed by atoms with Crippen LogP contribution in [-0.2, 0) is 20.8 Å². The van der Waals surface area contributed by atoms with Gasteiger partial charge in [-0.05, 0) is 12.0 Å². The Morgan fingerprint density at radius 1 is 1.31 bits per heavy atom. The summed E-state index contributed by atoms with van der Waals surface area (Å²) in [6.07, 6.45) is 1.42. The summed E-state index contributed by atoms with van der Waals surface area (Å²) in [5.41, 5.74) is 1.09. The van der Waals surface area contributed by atoms with Crippen LogP contribution in [0.15, 0.2) is 30.3 Å². The molecule has 0 bridgehead atoms. The van der Waals surface area contributed by atoms with E-state index in [0.29, 0.717) is 25.8 Å². The van der Waals surface area contributed by atoms with Crippen LogP contribution in [0.2, 0.25) is 0 Å². The zero-order chi connectivity index (χ0) is 11.4. The minimum Gasteiger partial charge on any atom is -0.338 e. The highest BCUT2D eigenvalue weighted by molar-refractivity contribution is 5.82. The van der Waals surface area contributed by atoms with Crippen molar-refractivity contribution in [1.82, 2.24) is 5.06 Å². The minimum absolute atomic E-state index is 0.118. The second-order valence-corrected chi connectivity index (χ2v) is 3.69. The van der Waals surface area contributed by atoms with Crippen LogP contribution in [0.3, 0.4) is 0 Å². The number of nitrogens with zero attached hydrogens (tertiary/aromatic N) is 1. The van der Waals surface area contributed by atoms with E-state index in [-0.39, 0.29) is 11.9 Å². The van der Waals surface area contributed by atoms with Gasteiger partial charge in [-0.3, -0.25) is 4.79 Å². The maximum atomic E-state index is 11.3. The molecule has 1 saturated heterocycles. The van der Waals surface area contributed by atoms with Gasteiger partial charge in [-0.1, -0.05) is 30.3 Å². The summed E-state index contributed by atoms with van der Waals surface area (Å²) in [6, 6.07) is 9.71. The van der Waals surface area contributed by atoms with Crippen LogP contribution in [0.25, 0.3) is 0 Å². The van der Waals surface area contributed by atoms with Gasteiger partial charge in [0, 0.05) is 0 Å². The van der Waals surface area contributed by atoms with Crippen molar-refractivity contribution in [1.29, 1.82) is 0 Å². The maximum Gasteiger partial charge on any atom is 0.332 e. The number of rotatable bonds is 4. The van der Waals surface area contributed by atoms with Gasteiger partial charge in [0.25, 0.3) is 5.91 Å². The molecule has 0 unspecified atom stereocenters. The molecule has 2 rings (SSSR count). The Kier molecular flexibility index (Phi) is 3.19. The van der Waals surface area contributed by atoms with E-state index in [1.54, 1.807) is 0 Å². The third kappa shape index (κ3) is 2.59. The predicted molar refractivity (Wildman–Crippen MR) is 57.2 cm³/mol. The molecular formula is C12H13NO3. The summed E-state index contributed by atoms with van der Waals surface area (Å²) < 4.78 is 0. The normalized spacial score (nSPS) is 14.5. The van der Waals surface area contributed by atoms with E-state index in [1.165, 1.54) is 0 Å². The van der Waals surface area contributed by atoms with E-state index in [0.717, 1.165) is 10.6 Å². The van der Waals surface area contributed by atoms with Gasteiger partial charge in [0.05, 0.1) is 19.4 Å². The third-order valence-corrected chi connectivity index (χ3v) is 2.48. The zero-order valence-electron chi connectivity index (χ0n) is 8.89. The molecule has 1 amide bonds. The number of amides is 1. The second kappa shape index (κ2) is 4.79. The van der Waals surface area contributed by atoms with Crippen LogP contribution >= 0.6 is 0 Å². The van der Waals surface area contributed by atoms with E-state index in [2.05, 4.69) is 0 Å². The van der Waals surface area contributed by atoms with Crippen molar-refractivity contribution in [2.75, 3.05) is 6.54 Å². The van der Waals surface area contributed by atoms with Crippen LogP contribution in [0, 0.1) is 0 Å². The summed E-state index contributed by atoms with van der Waals surface area (Å²) in [7, 11) is 0. The van der Waals surface area contributed by atoms with E-state index in [4.69, 9.17) is 4.84 Å². The lowest BCUT2D eigenvalue weighted by Crippen LogP contribution is -2.44. The van der Waals surface area contributed by atoms with E-state index < -0.39 is 0 Å². The SMILES string of the molecule is O=C(CCc1ccccc1)ON1CCC1=O. The maximum absolute atomic E-state index is 11.3. The molecule has 0 aliphatic carbocycles. The fourth-order valence-corrected chi connectivity index (χ4v) is 1.45. The highest BCUT2D eigenvalue weighted by Gasteiger charge is 2.27. The summed E-state index contributed by atoms with van der Waals surface area (Å²) >= 11 is 0. The highest BCUT2D eigenvalue weighted by atomic mass is 16.7. The lowest BCUT2D eigenvalue weighted by Gasteiger charge is -2.27. The number of benzene rings is 1. The van der Waals surface area contributed by atoms with Gasteiger partial charge in [-0.15, -0.1) is 0 Å². The number of hydrogen-bond acceptors (Lipinski definition) is 3. The average Bonchev–Trinajstić information content (AvgIpc) is 2.33. The topological polar surface area (TPSA) is 46.6 Å². The molecule has 0 N–H and O–H groups in total. The van der Waals surface area contributed by atoms with Gasteiger partial charge in [0.2, 0.25) is 0 Å². The van der Waals surface area contributed by atoms with Crippen molar-refractivity contribution in [3.05, 3.63) is 35.9 Å². The molecule has 0 spiro atoms. The lowest BCUT2D eigenvalue weighted by atomic mass is 10.1. The second-order valence-electron chi connectivity index (χ2n) is 3.69. The van der Waals surface area contributed by atoms with Gasteiger partial charge in [0.1, 0.15) is 0 Å². The number of carbonyl (C=O) groups is 2. The van der Waals surface area contributed by atoms with Crippen molar-refractivity contribution >= 4 is 11.9 Å². The van der Waals surface area contributed by atoms with Crippen molar-refractivity contribution in [2.24, 2.45) is 0 Å². The van der Waals surface area contributed by atoms with Crippen LogP contribution < -0.4 is 0 Å². The number of hydroxylamine groups is 2. The minimum atomic E-state index is -0.350. The third-order valence-electron chi connectivity index (χ3n) is 2.48. The van der Waals surface area contributed by atoms with E-state index >= 15 is 0 Å². The molecule has 1 heterocycles. The smallest absolute Gasteiger partial charge is 0.332 e. The first-order valence-corrected chi connectivity index (χ1v) is 5.31. The predicted octanol–water partition coefficient (Wildman–Crippen LogP) is 1.31. The van der Waals surface area contributed by atoms with Crippen LogP contribution in [-0.4, -0.2) is 23.5 Å². The molecular weight excluding hydrogens is 206 g/mol. The molecule has 1 aromatic rings. The standard InChI is InChI=1S/C12H13NO3/c14-11-8-9-13(11)16-12(15)7-6-10-4-2-1-3-5-10/h1-5H,6-9H2. The van der Waals surface area contributed by atoms with Gasteiger partial charge in [-0.2, -0.15) is 5.06 Å². The number of hydrogen-bond donors (Lipinski definition) is 0. The summed E-state index contributed by atoms with van der Waals surface area (Å²) in [4.78, 5) is 27.1. The Morgan fingerprint density at radius 2 is 2.06 bits per heavy atom. The molecule has 1 aliphatic rings. The van der Waals surface area contributed by atoms with Gasteiger partial charge >= 0.3 is 5.97 Å². The average molecular weight is 219 g/mol. The number of aryl methyl sites for hydroxylation is 1. The monoisotopic (exact) mass is 219 g/mol. The van der Waals surface area contributed by atoms with Crippen molar-refractivity contribution in [3.63, 3.8) is 0 Å². The van der Waals surface area contributed by atoms with Crippen molar-refractivity contribution in [3.8, 4) is 0 Å². The number of β-lactam (4-membered cyclic amide) rings is 1. The number of carbonyl (C=O) groups excluding carboxylic acids is 2. The molecule has 1 aliphatic heterocycles. The van der Waals surface area contributed by atoms with Gasteiger partial charge in [-0.25, -0.2) is 4.79 Å². The zero-order valence-corrected chi connectivity index (χ0v) is 8.89. The summed E-state index contributed by atoms with van der Waals surface area (Å²) in [5, 5.41) is 1.12. The Balaban J connectivity index is 1.74. The molecule has 4 heteroatoms. The highest BCUT2D eigenvalue weighted by Crippen LogP contribution is 2.10. The first kappa shape index (κ1) is 10.7. The molecule has 4 nitrogen and oxygen atoms in total. The molecule has 0 atom stereocenters. The molecule has 84 valence electrons. The molecule has 1 aromatic carbocycles. The fourth-order valence-electron chi connectivity index (χ4n) is 1.45. The molecule has 0 saturated carbocycles. The van der Waals surface area contributed by atoms with Gasteiger partial charge < -0.3 is 4.84 Å². The lowest BCUT2D eigenvalue weighted by molar-refractivity contribution is -0.212. The summed E-state index contributed by atoms with van der Waals surface area (Å²) in [5.74, 6) is -0.468. The van der Waals surface area contributed by atoms with Crippen LogP contribution in [0.5, 0.6) is 0 Å². The molecule has 16 heavy (non-hydrogen) atoms. The molecule has 0 aromatic heterocycles. The quantitative estimate of drug-likeness (QED) is 0.717. The fraction of sp³-hybridized carbons (Fsp3) is 0.333. The van der Waals surface area contributed by atoms with Crippen molar-refractivity contribution < 1.29 is 14.4 Å². The van der Waals surface area contributed by atoms with E-state index in [1.807, 2.05) is 30.3 Å². The molecule has 1 fully saturated rings. The Bertz CT molecular complexity index is 389. The van der Waals surface area contributed by atoms with Crippen molar-refractivity contribution in [2.45, 2.75) is 19.3 Å². The Hall–Kier alpha value is -1.84. The largest absolute Gasteiger partial charge is 0.338 e. The Morgan fingerprint density at radius 3 is 2.62 bits per heavy atom. The van der Waals surface area contributed by atoms with E-state index in [9.17, 15) is 9.59 Å². The summed E-state index contributed by atoms with van der Waals surface area (Å²) in [6.45, 7) is 0.524. The molecule has 0 radical (unpaired) electrons. The van der Waals surface area contributed by atoms with Crippen LogP contribution in [0.1, 0.15) is 18.4 Å². The van der Waals surface area contributed by atoms with Crippen LogP contribution in [0.4, 0.5) is 0 Å². The first-order chi connectivity index (χ1) is 7.75. The first-order valence-electron chi connectivity index (χ1n) is 5.31. The Labute approximate surface area is 93.8 Å².